The second-order valence-electron chi connectivity index (χ2n) is 8.13. The zero-order valence-electron chi connectivity index (χ0n) is 18.1. The number of carboxylic acid groups (broad SMARTS) is 1. The molecule has 3 N–H and O–H groups in total. The highest BCUT2D eigenvalue weighted by atomic mass is 35.5. The summed E-state index contributed by atoms with van der Waals surface area (Å²) < 4.78 is 0. The number of hydrogen-bond acceptors (Lipinski definition) is 4. The molecule has 0 bridgehead atoms. The Kier molecular flexibility index (Phi) is 6.11. The van der Waals surface area contributed by atoms with Gasteiger partial charge in [0.25, 0.3) is 5.91 Å². The standard InChI is InChI=1S/C26H23ClN2O4/c1-15-9-16(2)11-18(10-15)29-23-6-4-3-5-19(23)20(25(29)31)14-28-22-8-7-17(13-24(22)30)12-21(27)26(32)33/h3-14,19,23,28,30H,1-2H3,(H,32,33)/b20-14-,21-12-. The lowest BCUT2D eigenvalue weighted by atomic mass is 9.92. The topological polar surface area (TPSA) is 89.9 Å². The summed E-state index contributed by atoms with van der Waals surface area (Å²) in [7, 11) is 0. The molecule has 33 heavy (non-hydrogen) atoms. The average molecular weight is 463 g/mol. The molecular weight excluding hydrogens is 440 g/mol. The largest absolute Gasteiger partial charge is 0.506 e. The van der Waals surface area contributed by atoms with Crippen LogP contribution in [0.2, 0.25) is 0 Å². The molecule has 1 fully saturated rings. The van der Waals surface area contributed by atoms with E-state index in [4.69, 9.17) is 16.7 Å². The highest BCUT2D eigenvalue weighted by molar-refractivity contribution is 6.43. The lowest BCUT2D eigenvalue weighted by molar-refractivity contribution is -0.131. The summed E-state index contributed by atoms with van der Waals surface area (Å²) in [6.45, 7) is 4.02. The van der Waals surface area contributed by atoms with E-state index in [2.05, 4.69) is 11.4 Å². The Labute approximate surface area is 196 Å². The summed E-state index contributed by atoms with van der Waals surface area (Å²) in [6, 6.07) is 10.6. The molecule has 0 radical (unpaired) electrons. The highest BCUT2D eigenvalue weighted by Crippen LogP contribution is 2.39. The molecule has 1 aliphatic heterocycles. The smallest absolute Gasteiger partial charge is 0.347 e. The van der Waals surface area contributed by atoms with Crippen LogP contribution in [-0.2, 0) is 9.59 Å². The van der Waals surface area contributed by atoms with Crippen molar-refractivity contribution >= 4 is 40.9 Å². The second-order valence-corrected chi connectivity index (χ2v) is 8.53. The van der Waals surface area contributed by atoms with E-state index in [0.717, 1.165) is 16.8 Å². The van der Waals surface area contributed by atoms with Gasteiger partial charge in [-0.3, -0.25) is 4.79 Å². The number of phenolic OH excluding ortho intramolecular Hbond substituents is 1. The van der Waals surface area contributed by atoms with Crippen molar-refractivity contribution in [2.24, 2.45) is 5.92 Å². The number of halogens is 1. The summed E-state index contributed by atoms with van der Waals surface area (Å²) in [6.07, 6.45) is 10.8. The Balaban J connectivity index is 1.63. The van der Waals surface area contributed by atoms with E-state index in [9.17, 15) is 14.7 Å². The Hall–Kier alpha value is -3.77. The summed E-state index contributed by atoms with van der Waals surface area (Å²) in [5, 5.41) is 21.9. The fourth-order valence-corrected chi connectivity index (χ4v) is 4.33. The molecule has 1 aliphatic carbocycles. The van der Waals surface area contributed by atoms with E-state index in [1.807, 2.05) is 50.3 Å². The Morgan fingerprint density at radius 1 is 1.09 bits per heavy atom. The van der Waals surface area contributed by atoms with Gasteiger partial charge in [0.2, 0.25) is 0 Å². The predicted octanol–water partition coefficient (Wildman–Crippen LogP) is 5.13. The van der Waals surface area contributed by atoms with Crippen LogP contribution in [0.25, 0.3) is 6.08 Å². The maximum absolute atomic E-state index is 13.4. The summed E-state index contributed by atoms with van der Waals surface area (Å²) in [4.78, 5) is 26.1. The van der Waals surface area contributed by atoms with E-state index in [1.165, 1.54) is 12.1 Å². The molecular formula is C26H23ClN2O4. The molecule has 6 nitrogen and oxygen atoms in total. The van der Waals surface area contributed by atoms with Crippen LogP contribution in [0.1, 0.15) is 16.7 Å². The molecule has 0 saturated carbocycles. The first kappa shape index (κ1) is 22.4. The minimum absolute atomic E-state index is 0.0947. The van der Waals surface area contributed by atoms with Gasteiger partial charge in [-0.1, -0.05) is 48.0 Å². The number of carboxylic acids is 1. The van der Waals surface area contributed by atoms with Crippen molar-refractivity contribution in [3.05, 3.63) is 94.2 Å². The number of aryl methyl sites for hydroxylation is 2. The summed E-state index contributed by atoms with van der Waals surface area (Å²) >= 11 is 5.65. The Morgan fingerprint density at radius 3 is 2.45 bits per heavy atom. The molecule has 4 rings (SSSR count). The first-order valence-electron chi connectivity index (χ1n) is 10.4. The monoisotopic (exact) mass is 462 g/mol. The molecule has 1 amide bonds. The minimum atomic E-state index is -1.25. The van der Waals surface area contributed by atoms with Crippen LogP contribution < -0.4 is 10.2 Å². The van der Waals surface area contributed by atoms with Crippen molar-refractivity contribution in [2.45, 2.75) is 19.9 Å². The third-order valence-electron chi connectivity index (χ3n) is 5.62. The fraction of sp³-hybridized carbons (Fsp3) is 0.154. The number of carbonyl (C=O) groups excluding carboxylic acids is 1. The van der Waals surface area contributed by atoms with Crippen LogP contribution in [-0.4, -0.2) is 28.1 Å². The zero-order valence-corrected chi connectivity index (χ0v) is 18.9. The molecule has 7 heteroatoms. The number of amides is 1. The van der Waals surface area contributed by atoms with Gasteiger partial charge in [0, 0.05) is 23.4 Å². The number of carbonyl (C=O) groups is 2. The van der Waals surface area contributed by atoms with Crippen molar-refractivity contribution < 1.29 is 19.8 Å². The van der Waals surface area contributed by atoms with E-state index < -0.39 is 5.97 Å². The average Bonchev–Trinajstić information content (AvgIpc) is 3.03. The molecule has 1 saturated heterocycles. The highest BCUT2D eigenvalue weighted by Gasteiger charge is 2.43. The first-order chi connectivity index (χ1) is 15.7. The molecule has 2 atom stereocenters. The number of phenols is 1. The third-order valence-corrected chi connectivity index (χ3v) is 5.89. The molecule has 2 aromatic carbocycles. The number of aromatic hydroxyl groups is 1. The Morgan fingerprint density at radius 2 is 1.79 bits per heavy atom. The lowest BCUT2D eigenvalue weighted by Crippen LogP contribution is -2.34. The molecule has 2 unspecified atom stereocenters. The number of benzene rings is 2. The fourth-order valence-electron chi connectivity index (χ4n) is 4.21. The number of hydrogen-bond donors (Lipinski definition) is 3. The molecule has 168 valence electrons. The van der Waals surface area contributed by atoms with E-state index in [1.54, 1.807) is 23.2 Å². The number of fused-ring (bicyclic) bond motifs is 1. The van der Waals surface area contributed by atoms with Crippen molar-refractivity contribution in [2.75, 3.05) is 10.2 Å². The zero-order chi connectivity index (χ0) is 23.7. The Bertz CT molecular complexity index is 1240. The minimum Gasteiger partial charge on any atom is -0.506 e. The van der Waals surface area contributed by atoms with Crippen LogP contribution >= 0.6 is 11.6 Å². The number of anilines is 2. The molecule has 1 heterocycles. The molecule has 0 spiro atoms. The van der Waals surface area contributed by atoms with Gasteiger partial charge in [-0.2, -0.15) is 0 Å². The third kappa shape index (κ3) is 4.56. The van der Waals surface area contributed by atoms with Crippen molar-refractivity contribution in [3.63, 3.8) is 0 Å². The summed E-state index contributed by atoms with van der Waals surface area (Å²) in [5.74, 6) is -1.58. The first-order valence-corrected chi connectivity index (χ1v) is 10.8. The number of rotatable bonds is 5. The number of nitrogens with one attached hydrogen (secondary N) is 1. The number of aliphatic carboxylic acids is 1. The normalized spacial score (nSPS) is 20.9. The van der Waals surface area contributed by atoms with Gasteiger partial charge in [0.1, 0.15) is 10.8 Å². The van der Waals surface area contributed by atoms with Crippen LogP contribution in [0.15, 0.2) is 77.5 Å². The van der Waals surface area contributed by atoms with Crippen molar-refractivity contribution in [1.82, 2.24) is 0 Å². The predicted molar refractivity (Wildman–Crippen MR) is 130 cm³/mol. The van der Waals surface area contributed by atoms with Crippen LogP contribution in [0.4, 0.5) is 11.4 Å². The van der Waals surface area contributed by atoms with Gasteiger partial charge >= 0.3 is 5.97 Å². The van der Waals surface area contributed by atoms with Crippen LogP contribution in [0.3, 0.4) is 0 Å². The molecule has 2 aromatic rings. The summed E-state index contributed by atoms with van der Waals surface area (Å²) in [5.41, 5.74) is 4.43. The maximum Gasteiger partial charge on any atom is 0.347 e. The van der Waals surface area contributed by atoms with Crippen molar-refractivity contribution in [1.29, 1.82) is 0 Å². The lowest BCUT2D eigenvalue weighted by Gasteiger charge is -2.26. The quantitative estimate of drug-likeness (QED) is 0.423. The number of nitrogens with zero attached hydrogens (tertiary/aromatic N) is 1. The molecule has 2 aliphatic rings. The van der Waals surface area contributed by atoms with Gasteiger partial charge in [0.15, 0.2) is 0 Å². The van der Waals surface area contributed by atoms with E-state index in [0.29, 0.717) is 16.8 Å². The van der Waals surface area contributed by atoms with Crippen molar-refractivity contribution in [3.8, 4) is 5.75 Å². The van der Waals surface area contributed by atoms with Gasteiger partial charge < -0.3 is 20.4 Å². The van der Waals surface area contributed by atoms with E-state index in [-0.39, 0.29) is 28.6 Å². The maximum atomic E-state index is 13.4. The second kappa shape index (κ2) is 9.00. The number of allylic oxidation sites excluding steroid dienone is 2. The van der Waals surface area contributed by atoms with Gasteiger partial charge in [-0.25, -0.2) is 4.79 Å². The molecule has 0 aromatic heterocycles. The SMILES string of the molecule is Cc1cc(C)cc(N2C(=O)/C(=C\Nc3ccc(/C=C(\Cl)C(=O)O)cc3O)C3C=CC=CC32)c1. The van der Waals surface area contributed by atoms with E-state index >= 15 is 0 Å². The van der Waals surface area contributed by atoms with Gasteiger partial charge in [0.05, 0.1) is 11.7 Å². The van der Waals surface area contributed by atoms with Crippen LogP contribution in [0.5, 0.6) is 5.75 Å². The van der Waals surface area contributed by atoms with Gasteiger partial charge in [-0.15, -0.1) is 0 Å². The van der Waals surface area contributed by atoms with Gasteiger partial charge in [-0.05, 0) is 60.9 Å². The van der Waals surface area contributed by atoms with Crippen LogP contribution in [0, 0.1) is 19.8 Å².